The molecule has 1 rings (SSSR count). The van der Waals surface area contributed by atoms with Crippen molar-refractivity contribution in [3.05, 3.63) is 23.4 Å². The largest absolute Gasteiger partial charge is 0.490 e. The molecule has 1 aliphatic heterocycles. The molecule has 0 atom stereocenters. The van der Waals surface area contributed by atoms with Gasteiger partial charge in [0.15, 0.2) is 0 Å². The van der Waals surface area contributed by atoms with Crippen molar-refractivity contribution in [3.8, 4) is 0 Å². The van der Waals surface area contributed by atoms with Crippen LogP contribution in [0.3, 0.4) is 0 Å². The minimum atomic E-state index is -0.182. The first-order chi connectivity index (χ1) is 4.10. The third-order valence-corrected chi connectivity index (χ3v) is 1.33. The summed E-state index contributed by atoms with van der Waals surface area (Å²) in [5.41, 5.74) is -0.182. The lowest BCUT2D eigenvalue weighted by molar-refractivity contribution is 0.101. The van der Waals surface area contributed by atoms with Crippen molar-refractivity contribution in [2.45, 2.75) is 19.4 Å². The molecule has 9 heavy (non-hydrogen) atoms. The van der Waals surface area contributed by atoms with Gasteiger partial charge in [0.25, 0.3) is 0 Å². The summed E-state index contributed by atoms with van der Waals surface area (Å²) >= 11 is 5.59. The van der Waals surface area contributed by atoms with Crippen LogP contribution in [0.4, 0.5) is 0 Å². The molecule has 1 nitrogen and oxygen atoms in total. The number of ether oxygens (including phenoxy) is 1. The van der Waals surface area contributed by atoms with Crippen LogP contribution in [0.2, 0.25) is 0 Å². The molecule has 1 heterocycles. The predicted molar refractivity (Wildman–Crippen MR) is 38.2 cm³/mol. The van der Waals surface area contributed by atoms with Gasteiger partial charge in [-0.3, -0.25) is 0 Å². The Morgan fingerprint density at radius 3 is 2.56 bits per heavy atom. The number of halogens is 1. The van der Waals surface area contributed by atoms with Gasteiger partial charge < -0.3 is 4.74 Å². The Bertz CT molecular complexity index is 168. The Labute approximate surface area is 60.0 Å². The summed E-state index contributed by atoms with van der Waals surface area (Å²) in [5, 5.41) is 0.648. The minimum Gasteiger partial charge on any atom is -0.490 e. The lowest BCUT2D eigenvalue weighted by atomic mass is 10.1. The molecule has 0 aliphatic carbocycles. The van der Waals surface area contributed by atoms with Crippen LogP contribution in [-0.4, -0.2) is 5.60 Å². The maximum atomic E-state index is 5.59. The van der Waals surface area contributed by atoms with Crippen LogP contribution < -0.4 is 0 Å². The summed E-state index contributed by atoms with van der Waals surface area (Å²) in [7, 11) is 0. The average molecular weight is 145 g/mol. The maximum absolute atomic E-state index is 5.59. The number of hydrogen-bond donors (Lipinski definition) is 0. The zero-order valence-electron chi connectivity index (χ0n) is 5.52. The van der Waals surface area contributed by atoms with Crippen LogP contribution in [-0.2, 0) is 4.74 Å². The Balaban J connectivity index is 2.70. The molecule has 0 amide bonds. The summed E-state index contributed by atoms with van der Waals surface area (Å²) in [6.45, 7) is 3.95. The van der Waals surface area contributed by atoms with E-state index in [4.69, 9.17) is 16.3 Å². The highest BCUT2D eigenvalue weighted by molar-refractivity contribution is 6.31. The van der Waals surface area contributed by atoms with Gasteiger partial charge in [0.05, 0.1) is 5.03 Å². The second-order valence-electron chi connectivity index (χ2n) is 2.56. The normalized spacial score (nSPS) is 22.8. The quantitative estimate of drug-likeness (QED) is 0.508. The molecule has 0 fully saturated rings. The standard InChI is InChI=1S/C7H9ClO/c1-7(2)4-3-6(8)5-9-7/h3-5H,1-2H3. The molecule has 0 saturated carbocycles. The van der Waals surface area contributed by atoms with Crippen LogP contribution in [0.25, 0.3) is 0 Å². The van der Waals surface area contributed by atoms with Gasteiger partial charge in [-0.05, 0) is 26.0 Å². The van der Waals surface area contributed by atoms with Gasteiger partial charge in [0.1, 0.15) is 11.9 Å². The van der Waals surface area contributed by atoms with E-state index in [0.29, 0.717) is 5.03 Å². The second-order valence-corrected chi connectivity index (χ2v) is 2.99. The zero-order valence-corrected chi connectivity index (χ0v) is 6.27. The van der Waals surface area contributed by atoms with E-state index >= 15 is 0 Å². The Morgan fingerprint density at radius 1 is 1.56 bits per heavy atom. The van der Waals surface area contributed by atoms with E-state index in [0.717, 1.165) is 0 Å². The van der Waals surface area contributed by atoms with E-state index in [1.807, 2.05) is 26.0 Å². The van der Waals surface area contributed by atoms with Crippen LogP contribution in [0, 0.1) is 0 Å². The molecule has 0 saturated heterocycles. The molecule has 0 N–H and O–H groups in total. The molecule has 0 spiro atoms. The van der Waals surface area contributed by atoms with Gasteiger partial charge in [-0.1, -0.05) is 11.6 Å². The summed E-state index contributed by atoms with van der Waals surface area (Å²) in [5.74, 6) is 0. The second kappa shape index (κ2) is 2.07. The number of allylic oxidation sites excluding steroid dienone is 2. The highest BCUT2D eigenvalue weighted by Crippen LogP contribution is 2.20. The molecular weight excluding hydrogens is 136 g/mol. The predicted octanol–water partition coefficient (Wildman–Crippen LogP) is 2.43. The summed E-state index contributed by atoms with van der Waals surface area (Å²) in [6.07, 6.45) is 5.32. The smallest absolute Gasteiger partial charge is 0.121 e. The molecule has 1 aliphatic rings. The molecule has 50 valence electrons. The Morgan fingerprint density at radius 2 is 2.22 bits per heavy atom. The van der Waals surface area contributed by atoms with E-state index in [9.17, 15) is 0 Å². The molecule has 0 unspecified atom stereocenters. The third kappa shape index (κ3) is 1.75. The van der Waals surface area contributed by atoms with Crippen LogP contribution >= 0.6 is 11.6 Å². The molecular formula is C7H9ClO. The van der Waals surface area contributed by atoms with E-state index in [2.05, 4.69) is 0 Å². The fraction of sp³-hybridized carbons (Fsp3) is 0.429. The molecule has 2 heteroatoms. The first-order valence-electron chi connectivity index (χ1n) is 2.83. The summed E-state index contributed by atoms with van der Waals surface area (Å²) in [4.78, 5) is 0. The van der Waals surface area contributed by atoms with Gasteiger partial charge in [-0.2, -0.15) is 0 Å². The van der Waals surface area contributed by atoms with E-state index < -0.39 is 0 Å². The van der Waals surface area contributed by atoms with Crippen molar-refractivity contribution in [3.63, 3.8) is 0 Å². The van der Waals surface area contributed by atoms with Crippen molar-refractivity contribution >= 4 is 11.6 Å². The van der Waals surface area contributed by atoms with Crippen LogP contribution in [0.5, 0.6) is 0 Å². The van der Waals surface area contributed by atoms with Gasteiger partial charge in [0, 0.05) is 0 Å². The zero-order chi connectivity index (χ0) is 6.91. The summed E-state index contributed by atoms with van der Waals surface area (Å²) < 4.78 is 5.20. The van der Waals surface area contributed by atoms with Crippen LogP contribution in [0.15, 0.2) is 23.4 Å². The van der Waals surface area contributed by atoms with E-state index in [-0.39, 0.29) is 5.60 Å². The third-order valence-electron chi connectivity index (χ3n) is 1.12. The highest BCUT2D eigenvalue weighted by atomic mass is 35.5. The fourth-order valence-electron chi connectivity index (χ4n) is 0.567. The number of rotatable bonds is 0. The van der Waals surface area contributed by atoms with Crippen molar-refractivity contribution in [1.82, 2.24) is 0 Å². The van der Waals surface area contributed by atoms with Crippen LogP contribution in [0.1, 0.15) is 13.8 Å². The molecule has 0 aromatic heterocycles. The fourth-order valence-corrected chi connectivity index (χ4v) is 0.675. The maximum Gasteiger partial charge on any atom is 0.121 e. The first-order valence-corrected chi connectivity index (χ1v) is 3.21. The monoisotopic (exact) mass is 144 g/mol. The topological polar surface area (TPSA) is 9.23 Å². The van der Waals surface area contributed by atoms with Gasteiger partial charge in [0.2, 0.25) is 0 Å². The van der Waals surface area contributed by atoms with Crippen molar-refractivity contribution < 1.29 is 4.74 Å². The first kappa shape index (κ1) is 6.69. The van der Waals surface area contributed by atoms with Gasteiger partial charge in [-0.15, -0.1) is 0 Å². The Hall–Kier alpha value is -0.430. The lowest BCUT2D eigenvalue weighted by Crippen LogP contribution is -2.19. The number of hydrogen-bond acceptors (Lipinski definition) is 1. The van der Waals surface area contributed by atoms with E-state index in [1.54, 1.807) is 6.26 Å². The lowest BCUT2D eigenvalue weighted by Gasteiger charge is -2.22. The average Bonchev–Trinajstić information content (AvgIpc) is 1.78. The summed E-state index contributed by atoms with van der Waals surface area (Å²) in [6, 6.07) is 0. The van der Waals surface area contributed by atoms with Crippen molar-refractivity contribution in [1.29, 1.82) is 0 Å². The van der Waals surface area contributed by atoms with Gasteiger partial charge in [-0.25, -0.2) is 0 Å². The highest BCUT2D eigenvalue weighted by Gasteiger charge is 2.15. The molecule has 0 aromatic carbocycles. The molecule has 0 bridgehead atoms. The van der Waals surface area contributed by atoms with Gasteiger partial charge >= 0.3 is 0 Å². The molecule has 0 radical (unpaired) electrons. The van der Waals surface area contributed by atoms with Crippen molar-refractivity contribution in [2.75, 3.05) is 0 Å². The van der Waals surface area contributed by atoms with Crippen molar-refractivity contribution in [2.24, 2.45) is 0 Å². The van der Waals surface area contributed by atoms with E-state index in [1.165, 1.54) is 0 Å². The molecule has 0 aromatic rings. The Kier molecular flexibility index (Phi) is 1.54. The minimum absolute atomic E-state index is 0.182. The SMILES string of the molecule is CC1(C)C=CC(Cl)=CO1.